The van der Waals surface area contributed by atoms with Crippen LogP contribution in [0, 0.1) is 0 Å². The number of nitrogens with two attached hydrogens (primary N) is 1. The minimum atomic E-state index is -0.405. The molecule has 1 aromatic carbocycles. The third kappa shape index (κ3) is 2.18. The molecular weight excluding hydrogens is 230 g/mol. The number of nitrogen functional groups attached to an aromatic ring is 1. The maximum atomic E-state index is 9.26. The van der Waals surface area contributed by atoms with Crippen molar-refractivity contribution in [3.8, 4) is 17.4 Å². The van der Waals surface area contributed by atoms with E-state index >= 15 is 0 Å². The molecule has 0 fully saturated rings. The fraction of sp³-hybridized carbons (Fsp3) is 0. The molecule has 2 aromatic rings. The van der Waals surface area contributed by atoms with Crippen LogP contribution in [0.2, 0.25) is 5.02 Å². The number of rotatable bonds is 2. The summed E-state index contributed by atoms with van der Waals surface area (Å²) < 4.78 is 0. The molecule has 16 heavy (non-hydrogen) atoms. The zero-order valence-corrected chi connectivity index (χ0v) is 8.81. The molecule has 0 aliphatic carbocycles. The van der Waals surface area contributed by atoms with Gasteiger partial charge in [-0.05, 0) is 12.1 Å². The fourth-order valence-electron chi connectivity index (χ4n) is 1.19. The summed E-state index contributed by atoms with van der Waals surface area (Å²) in [7, 11) is 0. The van der Waals surface area contributed by atoms with E-state index in [-0.39, 0.29) is 5.95 Å². The molecule has 0 aliphatic rings. The third-order valence-corrected chi connectivity index (χ3v) is 2.07. The molecule has 0 amide bonds. The number of hydrazine groups is 1. The van der Waals surface area contributed by atoms with E-state index < -0.39 is 6.01 Å². The minimum Gasteiger partial charge on any atom is -0.479 e. The molecule has 0 unspecified atom stereocenters. The van der Waals surface area contributed by atoms with E-state index in [4.69, 9.17) is 17.4 Å². The predicted molar refractivity (Wildman–Crippen MR) is 59.7 cm³/mol. The SMILES string of the molecule is NNc1nc(O)nc(-c2cccc(Cl)c2)n1. The molecule has 6 nitrogen and oxygen atoms in total. The van der Waals surface area contributed by atoms with Crippen molar-refractivity contribution in [1.82, 2.24) is 15.0 Å². The van der Waals surface area contributed by atoms with Crippen LogP contribution in [-0.4, -0.2) is 20.1 Å². The van der Waals surface area contributed by atoms with Crippen LogP contribution in [0.5, 0.6) is 6.01 Å². The smallest absolute Gasteiger partial charge is 0.319 e. The highest BCUT2D eigenvalue weighted by Crippen LogP contribution is 2.21. The van der Waals surface area contributed by atoms with Gasteiger partial charge in [-0.1, -0.05) is 23.7 Å². The first kappa shape index (κ1) is 10.6. The van der Waals surface area contributed by atoms with Gasteiger partial charge in [0.15, 0.2) is 5.82 Å². The number of hydrogen-bond acceptors (Lipinski definition) is 6. The van der Waals surface area contributed by atoms with E-state index in [0.717, 1.165) is 0 Å². The van der Waals surface area contributed by atoms with Crippen LogP contribution in [0.3, 0.4) is 0 Å². The summed E-state index contributed by atoms with van der Waals surface area (Å²) in [5, 5.41) is 9.82. The van der Waals surface area contributed by atoms with Crippen molar-refractivity contribution in [2.45, 2.75) is 0 Å². The van der Waals surface area contributed by atoms with Crippen molar-refractivity contribution in [1.29, 1.82) is 0 Å². The maximum Gasteiger partial charge on any atom is 0.319 e. The predicted octanol–water partition coefficient (Wildman–Crippen LogP) is 1.18. The molecule has 0 bridgehead atoms. The van der Waals surface area contributed by atoms with Crippen molar-refractivity contribution in [2.24, 2.45) is 5.84 Å². The normalized spacial score (nSPS) is 10.1. The molecule has 0 spiro atoms. The molecule has 7 heteroatoms. The Bertz CT molecular complexity index is 519. The highest BCUT2D eigenvalue weighted by molar-refractivity contribution is 6.30. The second-order valence-corrected chi connectivity index (χ2v) is 3.37. The van der Waals surface area contributed by atoms with Gasteiger partial charge in [-0.15, -0.1) is 0 Å². The van der Waals surface area contributed by atoms with Crippen LogP contribution >= 0.6 is 11.6 Å². The van der Waals surface area contributed by atoms with Crippen molar-refractivity contribution < 1.29 is 5.11 Å². The van der Waals surface area contributed by atoms with Crippen LogP contribution in [0.15, 0.2) is 24.3 Å². The zero-order chi connectivity index (χ0) is 11.5. The summed E-state index contributed by atoms with van der Waals surface area (Å²) in [6, 6.07) is 6.53. The van der Waals surface area contributed by atoms with Crippen LogP contribution in [-0.2, 0) is 0 Å². The Labute approximate surface area is 96.1 Å². The summed E-state index contributed by atoms with van der Waals surface area (Å²) in [5.74, 6) is 5.54. The van der Waals surface area contributed by atoms with Crippen LogP contribution < -0.4 is 11.3 Å². The Hall–Kier alpha value is -1.92. The molecule has 1 heterocycles. The fourth-order valence-corrected chi connectivity index (χ4v) is 1.38. The van der Waals surface area contributed by atoms with Gasteiger partial charge in [0.2, 0.25) is 5.95 Å². The van der Waals surface area contributed by atoms with E-state index in [1.54, 1.807) is 24.3 Å². The highest BCUT2D eigenvalue weighted by atomic mass is 35.5. The van der Waals surface area contributed by atoms with E-state index in [1.165, 1.54) is 0 Å². The van der Waals surface area contributed by atoms with Gasteiger partial charge < -0.3 is 5.11 Å². The van der Waals surface area contributed by atoms with Crippen LogP contribution in [0.25, 0.3) is 11.4 Å². The van der Waals surface area contributed by atoms with Crippen molar-refractivity contribution in [2.75, 3.05) is 5.43 Å². The van der Waals surface area contributed by atoms with Gasteiger partial charge in [0.1, 0.15) is 0 Å². The Morgan fingerprint density at radius 2 is 2.06 bits per heavy atom. The van der Waals surface area contributed by atoms with E-state index in [0.29, 0.717) is 16.4 Å². The van der Waals surface area contributed by atoms with Crippen LogP contribution in [0.4, 0.5) is 5.95 Å². The number of hydrogen-bond donors (Lipinski definition) is 3. The zero-order valence-electron chi connectivity index (χ0n) is 8.05. The lowest BCUT2D eigenvalue weighted by Gasteiger charge is -2.03. The summed E-state index contributed by atoms with van der Waals surface area (Å²) >= 11 is 5.83. The summed E-state index contributed by atoms with van der Waals surface area (Å²) in [6.45, 7) is 0. The van der Waals surface area contributed by atoms with Gasteiger partial charge >= 0.3 is 6.01 Å². The summed E-state index contributed by atoms with van der Waals surface area (Å²) in [4.78, 5) is 11.3. The van der Waals surface area contributed by atoms with E-state index in [1.807, 2.05) is 0 Å². The van der Waals surface area contributed by atoms with E-state index in [2.05, 4.69) is 20.4 Å². The lowest BCUT2D eigenvalue weighted by molar-refractivity contribution is 0.430. The standard InChI is InChI=1S/C9H8ClN5O/c10-6-3-1-2-5(4-6)7-12-8(15-11)14-9(16)13-7/h1-4H,11H2,(H2,12,13,14,15,16). The Morgan fingerprint density at radius 3 is 2.75 bits per heavy atom. The molecule has 1 aromatic heterocycles. The van der Waals surface area contributed by atoms with Gasteiger partial charge in [0.25, 0.3) is 0 Å². The first-order valence-electron chi connectivity index (χ1n) is 4.36. The van der Waals surface area contributed by atoms with Gasteiger partial charge in [0.05, 0.1) is 0 Å². The highest BCUT2D eigenvalue weighted by Gasteiger charge is 2.07. The molecule has 82 valence electrons. The van der Waals surface area contributed by atoms with Gasteiger partial charge in [-0.2, -0.15) is 15.0 Å². The van der Waals surface area contributed by atoms with Crippen LogP contribution in [0.1, 0.15) is 0 Å². The Balaban J connectivity index is 2.51. The molecule has 0 saturated carbocycles. The molecule has 0 radical (unpaired) electrons. The average Bonchev–Trinajstić information content (AvgIpc) is 2.28. The topological polar surface area (TPSA) is 97.0 Å². The number of benzene rings is 1. The average molecular weight is 238 g/mol. The lowest BCUT2D eigenvalue weighted by Crippen LogP contribution is -2.11. The first-order valence-corrected chi connectivity index (χ1v) is 4.74. The number of nitrogens with zero attached hydrogens (tertiary/aromatic N) is 3. The Kier molecular flexibility index (Phi) is 2.84. The minimum absolute atomic E-state index is 0.0856. The number of halogens is 1. The summed E-state index contributed by atoms with van der Waals surface area (Å²) in [6.07, 6.45) is 0. The number of aromatic nitrogens is 3. The molecule has 2 rings (SSSR count). The maximum absolute atomic E-state index is 9.26. The second-order valence-electron chi connectivity index (χ2n) is 2.94. The van der Waals surface area contributed by atoms with Crippen molar-refractivity contribution >= 4 is 17.5 Å². The van der Waals surface area contributed by atoms with Gasteiger partial charge in [-0.3, -0.25) is 5.43 Å². The molecule has 0 aliphatic heterocycles. The van der Waals surface area contributed by atoms with Crippen molar-refractivity contribution in [3.05, 3.63) is 29.3 Å². The molecular formula is C9H8ClN5O. The summed E-state index contributed by atoms with van der Waals surface area (Å²) in [5.41, 5.74) is 2.91. The van der Waals surface area contributed by atoms with Gasteiger partial charge in [0, 0.05) is 10.6 Å². The molecule has 0 saturated heterocycles. The number of anilines is 1. The number of nitrogens with one attached hydrogen (secondary N) is 1. The van der Waals surface area contributed by atoms with Crippen molar-refractivity contribution in [3.63, 3.8) is 0 Å². The van der Waals surface area contributed by atoms with Gasteiger partial charge in [-0.25, -0.2) is 5.84 Å². The second kappa shape index (κ2) is 4.30. The molecule has 0 atom stereocenters. The van der Waals surface area contributed by atoms with E-state index in [9.17, 15) is 5.11 Å². The monoisotopic (exact) mass is 237 g/mol. The largest absolute Gasteiger partial charge is 0.479 e. The quantitative estimate of drug-likeness (QED) is 0.536. The number of aromatic hydroxyl groups is 1. The lowest BCUT2D eigenvalue weighted by atomic mass is 10.2. The Morgan fingerprint density at radius 1 is 1.25 bits per heavy atom. The molecule has 4 N–H and O–H groups in total. The first-order chi connectivity index (χ1) is 7.69. The third-order valence-electron chi connectivity index (χ3n) is 1.84.